The summed E-state index contributed by atoms with van der Waals surface area (Å²) < 4.78 is 1.81. The van der Waals surface area contributed by atoms with E-state index in [1.807, 2.05) is 18.7 Å². The molecule has 21 heavy (non-hydrogen) atoms. The van der Waals surface area contributed by atoms with Crippen molar-refractivity contribution in [2.45, 2.75) is 64.5 Å². The van der Waals surface area contributed by atoms with Gasteiger partial charge in [-0.15, -0.1) is 0 Å². The monoisotopic (exact) mass is 313 g/mol. The Morgan fingerprint density at radius 3 is 2.33 bits per heavy atom. The van der Waals surface area contributed by atoms with Crippen molar-refractivity contribution in [3.8, 4) is 0 Å². The number of aryl methyl sites for hydroxylation is 2. The second-order valence-corrected chi connectivity index (χ2v) is 6.55. The number of aliphatic hydroxyl groups excluding tert-OH is 1. The van der Waals surface area contributed by atoms with Crippen molar-refractivity contribution in [2.24, 2.45) is 7.05 Å². The molecule has 0 spiro atoms. The molecule has 0 aromatic carbocycles. The Balaban J connectivity index is 2.25. The summed E-state index contributed by atoms with van der Waals surface area (Å²) >= 11 is 6.35. The summed E-state index contributed by atoms with van der Waals surface area (Å²) in [7, 11) is 1.90. The van der Waals surface area contributed by atoms with E-state index in [2.05, 4.69) is 23.8 Å². The van der Waals surface area contributed by atoms with E-state index < -0.39 is 6.10 Å². The predicted octanol–water partition coefficient (Wildman–Crippen LogP) is 2.94. The molecule has 1 heterocycles. The fraction of sp³-hybridized carbons (Fsp3) is 0.812. The Morgan fingerprint density at radius 1 is 1.33 bits per heavy atom. The molecule has 0 bridgehead atoms. The summed E-state index contributed by atoms with van der Waals surface area (Å²) in [4.78, 5) is 2.43. The van der Waals surface area contributed by atoms with Crippen LogP contribution in [0.5, 0.6) is 0 Å². The minimum atomic E-state index is -0.396. The van der Waals surface area contributed by atoms with Crippen LogP contribution in [0.2, 0.25) is 5.02 Å². The highest BCUT2D eigenvalue weighted by Crippen LogP contribution is 2.39. The van der Waals surface area contributed by atoms with Crippen LogP contribution < -0.4 is 0 Å². The lowest BCUT2D eigenvalue weighted by molar-refractivity contribution is -0.0252. The van der Waals surface area contributed by atoms with Gasteiger partial charge in [0.15, 0.2) is 0 Å². The van der Waals surface area contributed by atoms with Crippen molar-refractivity contribution in [3.63, 3.8) is 0 Å². The molecular weight excluding hydrogens is 286 g/mol. The summed E-state index contributed by atoms with van der Waals surface area (Å²) in [6.07, 6.45) is 4.73. The quantitative estimate of drug-likeness (QED) is 0.878. The molecule has 120 valence electrons. The molecule has 1 atom stereocenters. The molecule has 0 aliphatic heterocycles. The zero-order chi connectivity index (χ0) is 15.6. The van der Waals surface area contributed by atoms with E-state index >= 15 is 0 Å². The van der Waals surface area contributed by atoms with Gasteiger partial charge in [-0.2, -0.15) is 5.10 Å². The molecule has 1 aliphatic rings. The molecule has 0 saturated heterocycles. The van der Waals surface area contributed by atoms with E-state index in [9.17, 15) is 5.11 Å². The van der Waals surface area contributed by atoms with Crippen molar-refractivity contribution in [2.75, 3.05) is 13.1 Å². The Kier molecular flexibility index (Phi) is 5.33. The van der Waals surface area contributed by atoms with E-state index in [1.165, 1.54) is 12.8 Å². The van der Waals surface area contributed by atoms with Gasteiger partial charge in [-0.05, 0) is 32.9 Å². The molecule has 2 rings (SSSR count). The van der Waals surface area contributed by atoms with E-state index in [-0.39, 0.29) is 5.54 Å². The molecule has 1 fully saturated rings. The standard InChI is InChI=1S/C16H28ClN3O/c1-5-20(6-2)16(9-7-8-10-16)14(21)11-13-15(17)12(3)18-19(13)4/h14,21H,5-11H2,1-4H3. The highest BCUT2D eigenvalue weighted by atomic mass is 35.5. The maximum atomic E-state index is 11.0. The average Bonchev–Trinajstić information content (AvgIpc) is 3.03. The summed E-state index contributed by atoms with van der Waals surface area (Å²) in [5.74, 6) is 0. The van der Waals surface area contributed by atoms with E-state index in [4.69, 9.17) is 11.6 Å². The van der Waals surface area contributed by atoms with Crippen LogP contribution >= 0.6 is 11.6 Å². The van der Waals surface area contributed by atoms with Gasteiger partial charge >= 0.3 is 0 Å². The number of rotatable bonds is 6. The molecule has 5 heteroatoms. The van der Waals surface area contributed by atoms with Crippen LogP contribution in [0.3, 0.4) is 0 Å². The second kappa shape index (κ2) is 6.67. The molecular formula is C16H28ClN3O. The minimum Gasteiger partial charge on any atom is -0.391 e. The van der Waals surface area contributed by atoms with Crippen molar-refractivity contribution in [1.82, 2.24) is 14.7 Å². The normalized spacial score (nSPS) is 19.4. The first kappa shape index (κ1) is 16.8. The van der Waals surface area contributed by atoms with Crippen molar-refractivity contribution < 1.29 is 5.11 Å². The number of aliphatic hydroxyl groups is 1. The largest absolute Gasteiger partial charge is 0.391 e. The third-order valence-electron chi connectivity index (χ3n) is 5.13. The molecule has 0 amide bonds. The van der Waals surface area contributed by atoms with Crippen LogP contribution in [-0.4, -0.2) is 44.5 Å². The highest BCUT2D eigenvalue weighted by molar-refractivity contribution is 6.31. The Labute approximate surface area is 133 Å². The van der Waals surface area contributed by atoms with Gasteiger partial charge in [0.25, 0.3) is 0 Å². The van der Waals surface area contributed by atoms with Gasteiger partial charge in [-0.3, -0.25) is 9.58 Å². The molecule has 1 aliphatic carbocycles. The lowest BCUT2D eigenvalue weighted by Gasteiger charge is -2.44. The van der Waals surface area contributed by atoms with Crippen molar-refractivity contribution in [3.05, 3.63) is 16.4 Å². The SMILES string of the molecule is CCN(CC)C1(C(O)Cc2c(Cl)c(C)nn2C)CCCC1. The zero-order valence-corrected chi connectivity index (χ0v) is 14.4. The van der Waals surface area contributed by atoms with E-state index in [0.29, 0.717) is 11.4 Å². The maximum Gasteiger partial charge on any atom is 0.0847 e. The summed E-state index contributed by atoms with van der Waals surface area (Å²) in [6, 6.07) is 0. The van der Waals surface area contributed by atoms with Gasteiger partial charge in [0.1, 0.15) is 0 Å². The molecule has 1 unspecified atom stereocenters. The van der Waals surface area contributed by atoms with Gasteiger partial charge in [0.05, 0.1) is 22.5 Å². The Morgan fingerprint density at radius 2 is 1.90 bits per heavy atom. The van der Waals surface area contributed by atoms with Crippen LogP contribution in [0.4, 0.5) is 0 Å². The smallest absolute Gasteiger partial charge is 0.0847 e. The van der Waals surface area contributed by atoms with Gasteiger partial charge in [0, 0.05) is 19.0 Å². The summed E-state index contributed by atoms with van der Waals surface area (Å²) in [5.41, 5.74) is 1.69. The maximum absolute atomic E-state index is 11.0. The van der Waals surface area contributed by atoms with Crippen LogP contribution in [0.15, 0.2) is 0 Å². The lowest BCUT2D eigenvalue weighted by Crippen LogP contribution is -2.55. The first-order valence-electron chi connectivity index (χ1n) is 8.07. The Bertz CT molecular complexity index is 476. The van der Waals surface area contributed by atoms with Crippen LogP contribution in [0.25, 0.3) is 0 Å². The third kappa shape index (κ3) is 2.99. The molecule has 1 aromatic rings. The third-order valence-corrected chi connectivity index (χ3v) is 5.62. The topological polar surface area (TPSA) is 41.3 Å². The fourth-order valence-electron chi connectivity index (χ4n) is 3.98. The summed E-state index contributed by atoms with van der Waals surface area (Å²) in [6.45, 7) is 8.22. The van der Waals surface area contributed by atoms with Crippen molar-refractivity contribution >= 4 is 11.6 Å². The number of aromatic nitrogens is 2. The number of halogens is 1. The predicted molar refractivity (Wildman–Crippen MR) is 86.8 cm³/mol. The molecule has 1 saturated carbocycles. The molecule has 4 nitrogen and oxygen atoms in total. The minimum absolute atomic E-state index is 0.0923. The number of nitrogens with zero attached hydrogens (tertiary/aromatic N) is 3. The Hall–Kier alpha value is -0.580. The highest BCUT2D eigenvalue weighted by Gasteiger charge is 2.44. The fourth-order valence-corrected chi connectivity index (χ4v) is 4.21. The first-order valence-corrected chi connectivity index (χ1v) is 8.45. The second-order valence-electron chi connectivity index (χ2n) is 6.17. The molecule has 1 aromatic heterocycles. The zero-order valence-electron chi connectivity index (χ0n) is 13.7. The van der Waals surface area contributed by atoms with Crippen LogP contribution in [0.1, 0.15) is 50.9 Å². The number of likely N-dealkylation sites (N-methyl/N-ethyl adjacent to an activating group) is 1. The number of hydrogen-bond acceptors (Lipinski definition) is 3. The van der Waals surface area contributed by atoms with Crippen molar-refractivity contribution in [1.29, 1.82) is 0 Å². The molecule has 0 radical (unpaired) electrons. The van der Waals surface area contributed by atoms with Gasteiger partial charge in [-0.25, -0.2) is 0 Å². The number of hydrogen-bond donors (Lipinski definition) is 1. The average molecular weight is 314 g/mol. The molecule has 1 N–H and O–H groups in total. The van der Waals surface area contributed by atoms with E-state index in [0.717, 1.165) is 37.3 Å². The first-order chi connectivity index (χ1) is 9.96. The van der Waals surface area contributed by atoms with Gasteiger partial charge < -0.3 is 5.11 Å². The van der Waals surface area contributed by atoms with E-state index in [1.54, 1.807) is 0 Å². The van der Waals surface area contributed by atoms with Gasteiger partial charge in [-0.1, -0.05) is 38.3 Å². The van der Waals surface area contributed by atoms with Crippen LogP contribution in [-0.2, 0) is 13.5 Å². The lowest BCUT2D eigenvalue weighted by atomic mass is 9.85. The van der Waals surface area contributed by atoms with Gasteiger partial charge in [0.2, 0.25) is 0 Å². The summed E-state index contributed by atoms with van der Waals surface area (Å²) in [5, 5.41) is 16.1. The van der Waals surface area contributed by atoms with Crippen LogP contribution in [0, 0.1) is 6.92 Å².